The molecule has 0 amide bonds. The van der Waals surface area contributed by atoms with Crippen molar-refractivity contribution in [3.63, 3.8) is 0 Å². The van der Waals surface area contributed by atoms with E-state index in [0.717, 1.165) is 12.1 Å². The first-order valence-corrected chi connectivity index (χ1v) is 6.63. The first-order chi connectivity index (χ1) is 10.2. The molecule has 22 heavy (non-hydrogen) atoms. The summed E-state index contributed by atoms with van der Waals surface area (Å²) >= 11 is -0.570. The number of benzene rings is 1. The highest BCUT2D eigenvalue weighted by Crippen LogP contribution is 2.41. The van der Waals surface area contributed by atoms with Crippen LogP contribution in [0.5, 0.6) is 0 Å². The fraction of sp³-hybridized carbons (Fsp3) is 0.333. The van der Waals surface area contributed by atoms with Crippen molar-refractivity contribution < 1.29 is 27.6 Å². The highest BCUT2D eigenvalue weighted by atomic mass is 32.2. The Kier molecular flexibility index (Phi) is 5.76. The summed E-state index contributed by atoms with van der Waals surface area (Å²) in [4.78, 5) is 21.0. The van der Waals surface area contributed by atoms with Crippen LogP contribution in [-0.4, -0.2) is 23.0 Å². The minimum absolute atomic E-state index is 0.00547. The van der Waals surface area contributed by atoms with Gasteiger partial charge in [0.15, 0.2) is 0 Å². The lowest BCUT2D eigenvalue weighted by atomic mass is 10.0. The number of hydrogen-bond donors (Lipinski definition) is 0. The molecule has 0 aromatic heterocycles. The normalized spacial score (nSPS) is 10.9. The molecular formula is C12H9F3N2O4S. The highest BCUT2D eigenvalue weighted by Gasteiger charge is 2.33. The number of nitriles is 1. The molecule has 0 bridgehead atoms. The minimum Gasteiger partial charge on any atom is -0.466 e. The van der Waals surface area contributed by atoms with E-state index in [1.165, 1.54) is 13.0 Å². The van der Waals surface area contributed by atoms with Crippen LogP contribution in [0, 0.1) is 21.4 Å². The highest BCUT2D eigenvalue weighted by molar-refractivity contribution is 8.00. The molecule has 0 unspecified atom stereocenters. The van der Waals surface area contributed by atoms with Crippen molar-refractivity contribution in [1.82, 2.24) is 0 Å². The number of nitro groups is 1. The second-order valence-corrected chi connectivity index (χ2v) is 4.94. The number of thioether (sulfide) groups is 1. The number of alkyl halides is 3. The number of halogens is 3. The Labute approximate surface area is 127 Å². The molecule has 0 saturated carbocycles. The van der Waals surface area contributed by atoms with Crippen LogP contribution >= 0.6 is 11.8 Å². The van der Waals surface area contributed by atoms with Crippen LogP contribution in [0.1, 0.15) is 18.1 Å². The van der Waals surface area contributed by atoms with Crippen molar-refractivity contribution in [2.75, 3.05) is 6.61 Å². The van der Waals surface area contributed by atoms with Crippen LogP contribution in [0.15, 0.2) is 17.0 Å². The molecule has 1 rings (SSSR count). The van der Waals surface area contributed by atoms with Gasteiger partial charge < -0.3 is 4.74 Å². The molecule has 1 aromatic rings. The molecule has 1 aromatic carbocycles. The number of hydrogen-bond acceptors (Lipinski definition) is 6. The Balaban J connectivity index is 3.40. The van der Waals surface area contributed by atoms with Crippen LogP contribution in [0.4, 0.5) is 18.9 Å². The van der Waals surface area contributed by atoms with Gasteiger partial charge in [0, 0.05) is 11.0 Å². The number of nitrogens with zero attached hydrogens (tertiary/aromatic N) is 2. The molecule has 0 aliphatic carbocycles. The number of carbonyl (C=O) groups excluding carboxylic acids is 1. The summed E-state index contributed by atoms with van der Waals surface area (Å²) in [6.07, 6.45) is -0.653. The largest absolute Gasteiger partial charge is 0.466 e. The summed E-state index contributed by atoms with van der Waals surface area (Å²) in [5.41, 5.74) is -6.20. The minimum atomic E-state index is -4.66. The second kappa shape index (κ2) is 7.13. The van der Waals surface area contributed by atoms with E-state index in [9.17, 15) is 28.1 Å². The van der Waals surface area contributed by atoms with Crippen molar-refractivity contribution >= 4 is 23.4 Å². The molecule has 0 atom stereocenters. The Bertz CT molecular complexity index is 640. The monoisotopic (exact) mass is 334 g/mol. The van der Waals surface area contributed by atoms with E-state index >= 15 is 0 Å². The van der Waals surface area contributed by atoms with Crippen LogP contribution in [0.3, 0.4) is 0 Å². The molecule has 0 heterocycles. The standard InChI is InChI=1S/C12H9F3N2O4S/c1-2-21-11(18)5-7-8(6-16)10(22-12(13,14)15)4-3-9(7)17(19)20/h3-4H,2,5H2,1H3. The van der Waals surface area contributed by atoms with E-state index < -0.39 is 50.7 Å². The van der Waals surface area contributed by atoms with Crippen molar-refractivity contribution in [3.05, 3.63) is 33.4 Å². The van der Waals surface area contributed by atoms with E-state index in [-0.39, 0.29) is 12.2 Å². The summed E-state index contributed by atoms with van der Waals surface area (Å²) in [5, 5.41) is 20.0. The van der Waals surface area contributed by atoms with Gasteiger partial charge >= 0.3 is 11.5 Å². The zero-order valence-electron chi connectivity index (χ0n) is 11.1. The van der Waals surface area contributed by atoms with E-state index in [2.05, 4.69) is 4.74 Å². The fourth-order valence-electron chi connectivity index (χ4n) is 1.65. The lowest BCUT2D eigenvalue weighted by Crippen LogP contribution is -2.12. The lowest BCUT2D eigenvalue weighted by molar-refractivity contribution is -0.385. The Morgan fingerprint density at radius 1 is 1.50 bits per heavy atom. The molecular weight excluding hydrogens is 325 g/mol. The quantitative estimate of drug-likeness (QED) is 0.355. The van der Waals surface area contributed by atoms with Crippen molar-refractivity contribution in [3.8, 4) is 6.07 Å². The van der Waals surface area contributed by atoms with E-state index in [1.54, 1.807) is 0 Å². The predicted molar refractivity (Wildman–Crippen MR) is 70.1 cm³/mol. The summed E-state index contributed by atoms with van der Waals surface area (Å²) in [6.45, 7) is 1.51. The molecule has 118 valence electrons. The molecule has 6 nitrogen and oxygen atoms in total. The maximum Gasteiger partial charge on any atom is 0.446 e. The number of ether oxygens (including phenoxy) is 1. The maximum atomic E-state index is 12.5. The molecule has 0 saturated heterocycles. The predicted octanol–water partition coefficient (Wildman–Crippen LogP) is 3.18. The van der Waals surface area contributed by atoms with Crippen molar-refractivity contribution in [2.24, 2.45) is 0 Å². The number of carbonyl (C=O) groups is 1. The molecule has 10 heteroatoms. The van der Waals surface area contributed by atoms with Gasteiger partial charge in [0.2, 0.25) is 0 Å². The Morgan fingerprint density at radius 2 is 2.14 bits per heavy atom. The van der Waals surface area contributed by atoms with Gasteiger partial charge in [-0.25, -0.2) is 0 Å². The molecule has 0 aliphatic heterocycles. The lowest BCUT2D eigenvalue weighted by Gasteiger charge is -2.11. The summed E-state index contributed by atoms with van der Waals surface area (Å²) in [5.74, 6) is -0.865. The van der Waals surface area contributed by atoms with E-state index in [0.29, 0.717) is 0 Å². The second-order valence-electron chi connectivity index (χ2n) is 3.83. The third-order valence-corrected chi connectivity index (χ3v) is 3.20. The fourth-order valence-corrected chi connectivity index (χ4v) is 2.31. The number of rotatable bonds is 5. The Hall–Kier alpha value is -2.28. The topological polar surface area (TPSA) is 93.2 Å². The zero-order valence-corrected chi connectivity index (χ0v) is 12.0. The molecule has 0 spiro atoms. The first kappa shape index (κ1) is 17.8. The Morgan fingerprint density at radius 3 is 2.59 bits per heavy atom. The van der Waals surface area contributed by atoms with Gasteiger partial charge in [-0.2, -0.15) is 18.4 Å². The number of esters is 1. The van der Waals surface area contributed by atoms with E-state index in [4.69, 9.17) is 5.26 Å². The third-order valence-electron chi connectivity index (χ3n) is 2.41. The average Bonchev–Trinajstić information content (AvgIpc) is 2.37. The van der Waals surface area contributed by atoms with Crippen molar-refractivity contribution in [2.45, 2.75) is 23.7 Å². The van der Waals surface area contributed by atoms with Crippen LogP contribution in [0.2, 0.25) is 0 Å². The third kappa shape index (κ3) is 4.63. The van der Waals surface area contributed by atoms with Gasteiger partial charge in [0.25, 0.3) is 5.69 Å². The van der Waals surface area contributed by atoms with Crippen molar-refractivity contribution in [1.29, 1.82) is 5.26 Å². The number of nitro benzene ring substituents is 1. The summed E-state index contributed by atoms with van der Waals surface area (Å²) in [7, 11) is 0. The van der Waals surface area contributed by atoms with E-state index in [1.807, 2.05) is 0 Å². The molecule has 0 N–H and O–H groups in total. The first-order valence-electron chi connectivity index (χ1n) is 5.81. The zero-order chi connectivity index (χ0) is 16.9. The summed E-state index contributed by atoms with van der Waals surface area (Å²) in [6, 6.07) is 3.17. The SMILES string of the molecule is CCOC(=O)Cc1c([N+](=O)[O-])ccc(SC(F)(F)F)c1C#N. The molecule has 0 aliphatic rings. The van der Waals surface area contributed by atoms with Gasteiger partial charge in [0.1, 0.15) is 6.07 Å². The molecule has 0 radical (unpaired) electrons. The van der Waals surface area contributed by atoms with Crippen LogP contribution < -0.4 is 0 Å². The van der Waals surface area contributed by atoms with Gasteiger partial charge in [0.05, 0.1) is 29.1 Å². The van der Waals surface area contributed by atoms with Crippen LogP contribution in [0.25, 0.3) is 0 Å². The van der Waals surface area contributed by atoms with Gasteiger partial charge in [-0.1, -0.05) is 0 Å². The van der Waals surface area contributed by atoms with Gasteiger partial charge in [-0.15, -0.1) is 0 Å². The van der Waals surface area contributed by atoms with Gasteiger partial charge in [-0.05, 0) is 24.8 Å². The average molecular weight is 334 g/mol. The van der Waals surface area contributed by atoms with Crippen LogP contribution in [-0.2, 0) is 16.0 Å². The summed E-state index contributed by atoms with van der Waals surface area (Å²) < 4.78 is 42.0. The van der Waals surface area contributed by atoms with Gasteiger partial charge in [-0.3, -0.25) is 14.9 Å². The molecule has 0 fully saturated rings. The smallest absolute Gasteiger partial charge is 0.446 e. The maximum absolute atomic E-state index is 12.5.